The van der Waals surface area contributed by atoms with Crippen LogP contribution in [0.25, 0.3) is 0 Å². The smallest absolute Gasteiger partial charge is 0.321 e. The third-order valence-corrected chi connectivity index (χ3v) is 5.32. The van der Waals surface area contributed by atoms with E-state index in [0.29, 0.717) is 0 Å². The summed E-state index contributed by atoms with van der Waals surface area (Å²) in [6.45, 7) is 3.47. The summed E-state index contributed by atoms with van der Waals surface area (Å²) < 4.78 is 5.90. The van der Waals surface area contributed by atoms with Gasteiger partial charge in [0.2, 0.25) is 0 Å². The fourth-order valence-corrected chi connectivity index (χ4v) is 3.21. The molecular formula is C16H19BrN2O4S. The molecule has 0 saturated heterocycles. The molecule has 0 atom stereocenters. The van der Waals surface area contributed by atoms with Gasteiger partial charge in [0.1, 0.15) is 0 Å². The summed E-state index contributed by atoms with van der Waals surface area (Å²) in [6, 6.07) is 3.60. The van der Waals surface area contributed by atoms with Gasteiger partial charge in [-0.2, -0.15) is 0 Å². The number of halogens is 1. The van der Waals surface area contributed by atoms with Crippen LogP contribution in [0.2, 0.25) is 0 Å². The number of aryl methyl sites for hydroxylation is 2. The van der Waals surface area contributed by atoms with Crippen LogP contribution in [0, 0.1) is 13.8 Å². The molecule has 0 heterocycles. The van der Waals surface area contributed by atoms with E-state index in [1.165, 1.54) is 11.8 Å². The largest absolute Gasteiger partial charge is 0.455 e. The van der Waals surface area contributed by atoms with Crippen molar-refractivity contribution in [3.63, 3.8) is 0 Å². The van der Waals surface area contributed by atoms with E-state index in [0.717, 1.165) is 33.3 Å². The first-order chi connectivity index (χ1) is 11.3. The fraction of sp³-hybridized carbons (Fsp3) is 0.438. The van der Waals surface area contributed by atoms with Crippen LogP contribution in [0.5, 0.6) is 0 Å². The van der Waals surface area contributed by atoms with Crippen molar-refractivity contribution in [2.24, 2.45) is 0 Å². The quantitative estimate of drug-likeness (QED) is 0.552. The molecule has 0 bridgehead atoms. The van der Waals surface area contributed by atoms with E-state index in [4.69, 9.17) is 4.74 Å². The van der Waals surface area contributed by atoms with E-state index in [1.54, 1.807) is 0 Å². The first-order valence-electron chi connectivity index (χ1n) is 7.50. The lowest BCUT2D eigenvalue weighted by Gasteiger charge is -2.09. The highest BCUT2D eigenvalue weighted by Gasteiger charge is 2.24. The maximum atomic E-state index is 11.7. The van der Waals surface area contributed by atoms with Crippen molar-refractivity contribution in [2.75, 3.05) is 12.4 Å². The zero-order valence-corrected chi connectivity index (χ0v) is 15.9. The summed E-state index contributed by atoms with van der Waals surface area (Å²) in [5, 5.41) is 4.74. The Morgan fingerprint density at radius 1 is 1.25 bits per heavy atom. The minimum atomic E-state index is -0.637. The van der Waals surface area contributed by atoms with Crippen molar-refractivity contribution in [3.8, 4) is 0 Å². The highest BCUT2D eigenvalue weighted by atomic mass is 79.9. The number of urea groups is 1. The van der Waals surface area contributed by atoms with Gasteiger partial charge in [0.05, 0.1) is 5.75 Å². The molecule has 1 aromatic carbocycles. The molecule has 1 aromatic rings. The number of ether oxygens (including phenoxy) is 1. The Hall–Kier alpha value is -1.54. The summed E-state index contributed by atoms with van der Waals surface area (Å²) >= 11 is 4.82. The first-order valence-corrected chi connectivity index (χ1v) is 9.28. The monoisotopic (exact) mass is 414 g/mol. The van der Waals surface area contributed by atoms with Crippen molar-refractivity contribution in [2.45, 2.75) is 37.6 Å². The second kappa shape index (κ2) is 8.53. The molecule has 130 valence electrons. The molecule has 3 amide bonds. The average molecular weight is 415 g/mol. The van der Waals surface area contributed by atoms with Gasteiger partial charge in [-0.15, -0.1) is 11.8 Å². The minimum Gasteiger partial charge on any atom is -0.455 e. The number of carbonyl (C=O) groups excluding carboxylic acids is 3. The van der Waals surface area contributed by atoms with Crippen LogP contribution in [-0.2, 0) is 14.3 Å². The van der Waals surface area contributed by atoms with E-state index >= 15 is 0 Å². The van der Waals surface area contributed by atoms with Crippen molar-refractivity contribution in [3.05, 3.63) is 27.7 Å². The topological polar surface area (TPSA) is 84.5 Å². The number of rotatable bonds is 6. The van der Waals surface area contributed by atoms with Crippen LogP contribution in [0.3, 0.4) is 0 Å². The highest BCUT2D eigenvalue weighted by Crippen LogP contribution is 2.28. The third-order valence-electron chi connectivity index (χ3n) is 3.33. The predicted molar refractivity (Wildman–Crippen MR) is 95.0 cm³/mol. The minimum absolute atomic E-state index is 0.101. The molecule has 1 aliphatic rings. The van der Waals surface area contributed by atoms with Crippen LogP contribution in [0.4, 0.5) is 4.79 Å². The molecule has 6 nitrogen and oxygen atoms in total. The van der Waals surface area contributed by atoms with E-state index in [-0.39, 0.29) is 11.8 Å². The van der Waals surface area contributed by atoms with Crippen LogP contribution < -0.4 is 10.6 Å². The van der Waals surface area contributed by atoms with Gasteiger partial charge in [0.25, 0.3) is 5.91 Å². The average Bonchev–Trinajstić information content (AvgIpc) is 3.31. The Labute approximate surface area is 153 Å². The van der Waals surface area contributed by atoms with Gasteiger partial charge >= 0.3 is 12.0 Å². The normalized spacial score (nSPS) is 13.3. The molecule has 24 heavy (non-hydrogen) atoms. The number of imide groups is 1. The number of amides is 3. The number of hydrogen-bond acceptors (Lipinski definition) is 5. The molecule has 1 saturated carbocycles. The Kier molecular flexibility index (Phi) is 6.68. The lowest BCUT2D eigenvalue weighted by Crippen LogP contribution is -2.42. The molecule has 1 fully saturated rings. The van der Waals surface area contributed by atoms with E-state index in [2.05, 4.69) is 26.6 Å². The summed E-state index contributed by atoms with van der Waals surface area (Å²) in [4.78, 5) is 35.6. The van der Waals surface area contributed by atoms with Crippen LogP contribution in [0.15, 0.2) is 21.5 Å². The highest BCUT2D eigenvalue weighted by molar-refractivity contribution is 9.10. The number of benzene rings is 1. The Bertz CT molecular complexity index is 662. The Balaban J connectivity index is 1.70. The van der Waals surface area contributed by atoms with E-state index in [9.17, 15) is 14.4 Å². The zero-order valence-electron chi connectivity index (χ0n) is 13.5. The van der Waals surface area contributed by atoms with E-state index < -0.39 is 24.5 Å². The summed E-state index contributed by atoms with van der Waals surface area (Å²) in [7, 11) is 0. The van der Waals surface area contributed by atoms with Gasteiger partial charge in [-0.25, -0.2) is 4.79 Å². The van der Waals surface area contributed by atoms with Crippen molar-refractivity contribution in [1.29, 1.82) is 0 Å². The van der Waals surface area contributed by atoms with Crippen molar-refractivity contribution >= 4 is 45.6 Å². The summed E-state index contributed by atoms with van der Waals surface area (Å²) in [5.74, 6) is -1.04. The number of carbonyl (C=O) groups is 3. The molecule has 0 spiro atoms. The Morgan fingerprint density at radius 3 is 2.62 bits per heavy atom. The van der Waals surface area contributed by atoms with Gasteiger partial charge in [-0.05, 0) is 49.9 Å². The second-order valence-electron chi connectivity index (χ2n) is 5.61. The molecule has 8 heteroatoms. The number of hydrogen-bond donors (Lipinski definition) is 2. The second-order valence-corrected chi connectivity index (χ2v) is 7.48. The van der Waals surface area contributed by atoms with Gasteiger partial charge < -0.3 is 10.1 Å². The fourth-order valence-electron chi connectivity index (χ4n) is 1.85. The van der Waals surface area contributed by atoms with Gasteiger partial charge in [-0.3, -0.25) is 14.9 Å². The molecule has 2 rings (SSSR count). The number of nitrogens with one attached hydrogen (secondary N) is 2. The first kappa shape index (κ1) is 18.8. The standard InChI is InChI=1S/C16H19BrN2O4S/c1-9-6-13(10(2)5-12(9)17)24-8-15(21)23-7-14(20)19-16(22)18-11-3-4-11/h5-6,11H,3-4,7-8H2,1-2H3,(H2,18,19,20,22). The third kappa shape index (κ3) is 6.16. The summed E-state index contributed by atoms with van der Waals surface area (Å²) in [5.41, 5.74) is 2.14. The Morgan fingerprint density at radius 2 is 1.96 bits per heavy atom. The maximum Gasteiger partial charge on any atom is 0.321 e. The summed E-state index contributed by atoms with van der Waals surface area (Å²) in [6.07, 6.45) is 1.87. The van der Waals surface area contributed by atoms with Gasteiger partial charge in [-0.1, -0.05) is 15.9 Å². The maximum absolute atomic E-state index is 11.7. The van der Waals surface area contributed by atoms with Gasteiger partial charge in [0.15, 0.2) is 6.61 Å². The molecule has 0 radical (unpaired) electrons. The number of thioether (sulfide) groups is 1. The van der Waals surface area contributed by atoms with Crippen molar-refractivity contribution < 1.29 is 19.1 Å². The van der Waals surface area contributed by atoms with Gasteiger partial charge in [0, 0.05) is 15.4 Å². The number of esters is 1. The van der Waals surface area contributed by atoms with Crippen LogP contribution in [-0.4, -0.2) is 36.3 Å². The van der Waals surface area contributed by atoms with E-state index in [1.807, 2.05) is 26.0 Å². The molecule has 0 aliphatic heterocycles. The molecule has 1 aliphatic carbocycles. The predicted octanol–water partition coefficient (Wildman–Crippen LogP) is 2.69. The lowest BCUT2D eigenvalue weighted by molar-refractivity contribution is -0.145. The lowest BCUT2D eigenvalue weighted by atomic mass is 10.2. The van der Waals surface area contributed by atoms with Crippen molar-refractivity contribution in [1.82, 2.24) is 10.6 Å². The molecule has 0 unspecified atom stereocenters. The molecule has 2 N–H and O–H groups in total. The molecule has 0 aromatic heterocycles. The van der Waals surface area contributed by atoms with Crippen LogP contribution >= 0.6 is 27.7 Å². The SMILES string of the molecule is Cc1cc(SCC(=O)OCC(=O)NC(=O)NC2CC2)c(C)cc1Br. The van der Waals surface area contributed by atoms with Crippen LogP contribution in [0.1, 0.15) is 24.0 Å². The zero-order chi connectivity index (χ0) is 17.7. The molecular weight excluding hydrogens is 396 g/mol.